The van der Waals surface area contributed by atoms with Crippen molar-refractivity contribution in [3.8, 4) is 0 Å². The number of aliphatic hydroxyl groups is 1. The third-order valence-corrected chi connectivity index (χ3v) is 1.78. The molecule has 2 N–H and O–H groups in total. The molecule has 0 aliphatic rings. The summed E-state index contributed by atoms with van der Waals surface area (Å²) in [5.41, 5.74) is 0.813. The SMILES string of the molecule is CNCc1nn(CCO)cc1Cl. The highest BCUT2D eigenvalue weighted by molar-refractivity contribution is 6.31. The standard InChI is InChI=1S/C7H12ClN3O/c1-9-4-7-6(8)5-11(10-7)2-3-12/h5,9,12H,2-4H2,1H3. The molecule has 5 heteroatoms. The summed E-state index contributed by atoms with van der Waals surface area (Å²) in [6.45, 7) is 1.22. The second-order valence-electron chi connectivity index (χ2n) is 2.44. The van der Waals surface area contributed by atoms with Crippen LogP contribution in [0, 0.1) is 0 Å². The average Bonchev–Trinajstić information content (AvgIpc) is 2.34. The summed E-state index contributed by atoms with van der Waals surface area (Å²) in [6.07, 6.45) is 1.71. The number of halogens is 1. The van der Waals surface area contributed by atoms with Crippen LogP contribution in [0.4, 0.5) is 0 Å². The van der Waals surface area contributed by atoms with Gasteiger partial charge in [0.25, 0.3) is 0 Å². The van der Waals surface area contributed by atoms with E-state index in [9.17, 15) is 0 Å². The van der Waals surface area contributed by atoms with Crippen LogP contribution < -0.4 is 5.32 Å². The molecule has 0 saturated carbocycles. The molecule has 12 heavy (non-hydrogen) atoms. The molecular formula is C7H12ClN3O. The van der Waals surface area contributed by atoms with E-state index in [0.29, 0.717) is 18.1 Å². The lowest BCUT2D eigenvalue weighted by atomic mass is 10.4. The van der Waals surface area contributed by atoms with Gasteiger partial charge in [-0.15, -0.1) is 0 Å². The highest BCUT2D eigenvalue weighted by atomic mass is 35.5. The van der Waals surface area contributed by atoms with Crippen molar-refractivity contribution >= 4 is 11.6 Å². The summed E-state index contributed by atoms with van der Waals surface area (Å²) in [5.74, 6) is 0. The number of hydrogen-bond donors (Lipinski definition) is 2. The van der Waals surface area contributed by atoms with Crippen LogP contribution in [-0.2, 0) is 13.1 Å². The van der Waals surface area contributed by atoms with Crippen LogP contribution in [-0.4, -0.2) is 28.5 Å². The van der Waals surface area contributed by atoms with Gasteiger partial charge in [0.15, 0.2) is 0 Å². The maximum atomic E-state index is 8.63. The first-order chi connectivity index (χ1) is 5.77. The van der Waals surface area contributed by atoms with Gasteiger partial charge in [0, 0.05) is 12.7 Å². The maximum absolute atomic E-state index is 8.63. The molecule has 0 saturated heterocycles. The van der Waals surface area contributed by atoms with Crippen LogP contribution in [0.5, 0.6) is 0 Å². The number of nitrogens with one attached hydrogen (secondary N) is 1. The third kappa shape index (κ3) is 2.20. The van der Waals surface area contributed by atoms with Crippen LogP contribution in [0.25, 0.3) is 0 Å². The lowest BCUT2D eigenvalue weighted by Crippen LogP contribution is -2.08. The fourth-order valence-electron chi connectivity index (χ4n) is 0.941. The molecule has 0 fully saturated rings. The minimum Gasteiger partial charge on any atom is -0.394 e. The Bertz CT molecular complexity index is 249. The van der Waals surface area contributed by atoms with E-state index in [1.54, 1.807) is 10.9 Å². The van der Waals surface area contributed by atoms with Gasteiger partial charge < -0.3 is 10.4 Å². The lowest BCUT2D eigenvalue weighted by molar-refractivity contribution is 0.269. The Labute approximate surface area is 76.1 Å². The second kappa shape index (κ2) is 4.45. The van der Waals surface area contributed by atoms with Gasteiger partial charge in [0.2, 0.25) is 0 Å². The van der Waals surface area contributed by atoms with Crippen LogP contribution in [0.3, 0.4) is 0 Å². The quantitative estimate of drug-likeness (QED) is 0.714. The monoisotopic (exact) mass is 189 g/mol. The molecule has 0 aromatic carbocycles. The molecule has 0 aliphatic heterocycles. The van der Waals surface area contributed by atoms with E-state index in [4.69, 9.17) is 16.7 Å². The normalized spacial score (nSPS) is 10.6. The molecule has 1 aromatic heterocycles. The van der Waals surface area contributed by atoms with Crippen molar-refractivity contribution in [3.63, 3.8) is 0 Å². The first-order valence-corrected chi connectivity index (χ1v) is 4.13. The van der Waals surface area contributed by atoms with E-state index in [1.165, 1.54) is 0 Å². The molecular weight excluding hydrogens is 178 g/mol. The number of rotatable bonds is 4. The molecule has 0 atom stereocenters. The molecule has 0 unspecified atom stereocenters. The molecule has 0 radical (unpaired) electrons. The summed E-state index contributed by atoms with van der Waals surface area (Å²) >= 11 is 5.85. The summed E-state index contributed by atoms with van der Waals surface area (Å²) in [7, 11) is 1.83. The molecule has 0 aliphatic carbocycles. The van der Waals surface area contributed by atoms with E-state index >= 15 is 0 Å². The van der Waals surface area contributed by atoms with Crippen molar-refractivity contribution in [2.75, 3.05) is 13.7 Å². The number of aliphatic hydroxyl groups excluding tert-OH is 1. The van der Waals surface area contributed by atoms with Crippen molar-refractivity contribution in [2.24, 2.45) is 0 Å². The van der Waals surface area contributed by atoms with Crippen molar-refractivity contribution in [1.29, 1.82) is 0 Å². The van der Waals surface area contributed by atoms with Crippen LogP contribution in [0.2, 0.25) is 5.02 Å². The van der Waals surface area contributed by atoms with Gasteiger partial charge in [-0.05, 0) is 7.05 Å². The predicted molar refractivity (Wildman–Crippen MR) is 47.1 cm³/mol. The van der Waals surface area contributed by atoms with E-state index < -0.39 is 0 Å². The van der Waals surface area contributed by atoms with E-state index in [2.05, 4.69) is 10.4 Å². The minimum absolute atomic E-state index is 0.0804. The second-order valence-corrected chi connectivity index (χ2v) is 2.85. The van der Waals surface area contributed by atoms with E-state index in [0.717, 1.165) is 5.69 Å². The predicted octanol–water partition coefficient (Wildman–Crippen LogP) is 0.248. The Hall–Kier alpha value is -0.580. The van der Waals surface area contributed by atoms with E-state index in [1.807, 2.05) is 7.05 Å². The largest absolute Gasteiger partial charge is 0.394 e. The highest BCUT2D eigenvalue weighted by Crippen LogP contribution is 2.12. The fourth-order valence-corrected chi connectivity index (χ4v) is 1.16. The molecule has 68 valence electrons. The molecule has 1 aromatic rings. The van der Waals surface area contributed by atoms with Crippen LogP contribution in [0.15, 0.2) is 6.20 Å². The topological polar surface area (TPSA) is 50.1 Å². The Morgan fingerprint density at radius 1 is 1.75 bits per heavy atom. The molecule has 0 amide bonds. The van der Waals surface area contributed by atoms with Crippen molar-refractivity contribution in [3.05, 3.63) is 16.9 Å². The smallest absolute Gasteiger partial charge is 0.0948 e. The average molecular weight is 190 g/mol. The Morgan fingerprint density at radius 2 is 2.50 bits per heavy atom. The van der Waals surface area contributed by atoms with Crippen molar-refractivity contribution in [1.82, 2.24) is 15.1 Å². The molecule has 0 bridgehead atoms. The first-order valence-electron chi connectivity index (χ1n) is 3.75. The third-order valence-electron chi connectivity index (χ3n) is 1.46. The van der Waals surface area contributed by atoms with Gasteiger partial charge in [0.1, 0.15) is 0 Å². The number of hydrogen-bond acceptors (Lipinski definition) is 3. The number of aromatic nitrogens is 2. The van der Waals surface area contributed by atoms with Crippen molar-refractivity contribution < 1.29 is 5.11 Å². The maximum Gasteiger partial charge on any atom is 0.0948 e. The molecule has 0 spiro atoms. The Balaban J connectivity index is 2.70. The van der Waals surface area contributed by atoms with Gasteiger partial charge in [-0.2, -0.15) is 5.10 Å². The summed E-state index contributed by atoms with van der Waals surface area (Å²) in [6, 6.07) is 0. The molecule has 1 heterocycles. The Morgan fingerprint density at radius 3 is 3.08 bits per heavy atom. The first kappa shape index (κ1) is 9.51. The molecule has 4 nitrogen and oxygen atoms in total. The lowest BCUT2D eigenvalue weighted by Gasteiger charge is -1.95. The zero-order valence-corrected chi connectivity index (χ0v) is 7.67. The number of nitrogens with zero attached hydrogens (tertiary/aromatic N) is 2. The van der Waals surface area contributed by atoms with Crippen LogP contribution >= 0.6 is 11.6 Å². The van der Waals surface area contributed by atoms with Gasteiger partial charge >= 0.3 is 0 Å². The fraction of sp³-hybridized carbons (Fsp3) is 0.571. The Kier molecular flexibility index (Phi) is 3.52. The minimum atomic E-state index is 0.0804. The zero-order valence-electron chi connectivity index (χ0n) is 6.92. The van der Waals surface area contributed by atoms with Gasteiger partial charge in [-0.1, -0.05) is 11.6 Å². The van der Waals surface area contributed by atoms with Crippen LogP contribution in [0.1, 0.15) is 5.69 Å². The molecule has 1 rings (SSSR count). The van der Waals surface area contributed by atoms with Crippen molar-refractivity contribution in [2.45, 2.75) is 13.1 Å². The summed E-state index contributed by atoms with van der Waals surface area (Å²) in [5, 5.41) is 16.4. The summed E-state index contributed by atoms with van der Waals surface area (Å²) < 4.78 is 1.63. The highest BCUT2D eigenvalue weighted by Gasteiger charge is 2.04. The van der Waals surface area contributed by atoms with Gasteiger partial charge in [0.05, 0.1) is 23.9 Å². The zero-order chi connectivity index (χ0) is 8.97. The summed E-state index contributed by atoms with van der Waals surface area (Å²) in [4.78, 5) is 0. The van der Waals surface area contributed by atoms with E-state index in [-0.39, 0.29) is 6.61 Å². The van der Waals surface area contributed by atoms with Gasteiger partial charge in [-0.25, -0.2) is 0 Å². The van der Waals surface area contributed by atoms with Gasteiger partial charge in [-0.3, -0.25) is 4.68 Å².